The summed E-state index contributed by atoms with van der Waals surface area (Å²) in [5, 5.41) is 3.13. The molecule has 1 atom stereocenters. The maximum atomic E-state index is 12.0. The van der Waals surface area contributed by atoms with Crippen LogP contribution >= 0.6 is 11.6 Å². The lowest BCUT2D eigenvalue weighted by atomic mass is 10.1. The van der Waals surface area contributed by atoms with E-state index in [0.29, 0.717) is 20.4 Å². The van der Waals surface area contributed by atoms with Gasteiger partial charge < -0.3 is 5.32 Å². The number of benzene rings is 1. The summed E-state index contributed by atoms with van der Waals surface area (Å²) in [7, 11) is 1.19. The van der Waals surface area contributed by atoms with Gasteiger partial charge in [-0.2, -0.15) is 0 Å². The molecule has 1 aliphatic heterocycles. The Morgan fingerprint density at radius 3 is 2.41 bits per heavy atom. The van der Waals surface area contributed by atoms with Gasteiger partial charge in [-0.25, -0.2) is 9.69 Å². The van der Waals surface area contributed by atoms with Crippen molar-refractivity contribution in [2.45, 2.75) is 13.0 Å². The number of hydrogen-bond donors (Lipinski definition) is 1. The summed E-state index contributed by atoms with van der Waals surface area (Å²) in [5.41, 5.74) is 0.713. The van der Waals surface area contributed by atoms with Crippen LogP contribution in [0.2, 0.25) is 5.02 Å². The molecule has 2 rings (SSSR count). The SMILES string of the molecule is C[C@@H](NC(=O)CN1C(=O)C(=O)N(C)C1=O)c1ccccc1Cl. The fourth-order valence-corrected chi connectivity index (χ4v) is 2.39. The first-order chi connectivity index (χ1) is 10.3. The quantitative estimate of drug-likeness (QED) is 0.660. The molecule has 0 unspecified atom stereocenters. The molecule has 0 spiro atoms. The largest absolute Gasteiger partial charge is 0.348 e. The van der Waals surface area contributed by atoms with Crippen LogP contribution in [0.25, 0.3) is 0 Å². The molecule has 8 heteroatoms. The zero-order valence-corrected chi connectivity index (χ0v) is 12.8. The third kappa shape index (κ3) is 2.94. The van der Waals surface area contributed by atoms with Crippen LogP contribution in [0.5, 0.6) is 0 Å². The molecular formula is C14H14ClN3O4. The van der Waals surface area contributed by atoms with E-state index >= 15 is 0 Å². The first-order valence-electron chi connectivity index (χ1n) is 6.50. The van der Waals surface area contributed by atoms with Gasteiger partial charge in [-0.15, -0.1) is 0 Å². The highest BCUT2D eigenvalue weighted by molar-refractivity contribution is 6.44. The third-order valence-corrected chi connectivity index (χ3v) is 3.65. The van der Waals surface area contributed by atoms with Crippen LogP contribution in [-0.4, -0.2) is 47.1 Å². The minimum Gasteiger partial charge on any atom is -0.348 e. The molecule has 1 aromatic rings. The number of urea groups is 1. The lowest BCUT2D eigenvalue weighted by molar-refractivity contribution is -0.143. The first-order valence-corrected chi connectivity index (χ1v) is 6.88. The Kier molecular flexibility index (Phi) is 4.46. The molecule has 1 aromatic carbocycles. The summed E-state index contributed by atoms with van der Waals surface area (Å²) in [6.07, 6.45) is 0. The maximum Gasteiger partial charge on any atom is 0.334 e. The predicted octanol–water partition coefficient (Wildman–Crippen LogP) is 0.938. The molecule has 1 heterocycles. The maximum absolute atomic E-state index is 12.0. The van der Waals surface area contributed by atoms with Gasteiger partial charge in [0.25, 0.3) is 0 Å². The molecule has 1 saturated heterocycles. The van der Waals surface area contributed by atoms with Gasteiger partial charge in [0.05, 0.1) is 6.04 Å². The lowest BCUT2D eigenvalue weighted by Gasteiger charge is -2.18. The highest BCUT2D eigenvalue weighted by Crippen LogP contribution is 2.22. The van der Waals surface area contributed by atoms with Crippen LogP contribution in [0.1, 0.15) is 18.5 Å². The molecule has 0 saturated carbocycles. The number of rotatable bonds is 4. The number of carbonyl (C=O) groups excluding carboxylic acids is 4. The van der Waals surface area contributed by atoms with Crippen LogP contribution in [0.4, 0.5) is 4.79 Å². The Morgan fingerprint density at radius 1 is 1.23 bits per heavy atom. The zero-order valence-electron chi connectivity index (χ0n) is 12.0. The molecule has 1 fully saturated rings. The average molecular weight is 324 g/mol. The summed E-state index contributed by atoms with van der Waals surface area (Å²) in [4.78, 5) is 47.9. The summed E-state index contributed by atoms with van der Waals surface area (Å²) < 4.78 is 0. The van der Waals surface area contributed by atoms with Crippen molar-refractivity contribution in [3.8, 4) is 0 Å². The van der Waals surface area contributed by atoms with Gasteiger partial charge in [-0.05, 0) is 18.6 Å². The van der Waals surface area contributed by atoms with Gasteiger partial charge >= 0.3 is 17.8 Å². The molecule has 0 radical (unpaired) electrons. The molecule has 1 aliphatic rings. The van der Waals surface area contributed by atoms with E-state index < -0.39 is 36.3 Å². The van der Waals surface area contributed by atoms with Crippen molar-refractivity contribution in [3.05, 3.63) is 34.9 Å². The number of amides is 5. The summed E-state index contributed by atoms with van der Waals surface area (Å²) >= 11 is 6.04. The molecule has 22 heavy (non-hydrogen) atoms. The number of nitrogens with one attached hydrogen (secondary N) is 1. The van der Waals surface area contributed by atoms with E-state index in [1.807, 2.05) is 0 Å². The van der Waals surface area contributed by atoms with Crippen molar-refractivity contribution in [2.24, 2.45) is 0 Å². The fraction of sp³-hybridized carbons (Fsp3) is 0.286. The van der Waals surface area contributed by atoms with E-state index in [4.69, 9.17) is 11.6 Å². The Morgan fingerprint density at radius 2 is 1.86 bits per heavy atom. The second kappa shape index (κ2) is 6.15. The smallest absolute Gasteiger partial charge is 0.334 e. The monoisotopic (exact) mass is 323 g/mol. The molecule has 0 aromatic heterocycles. The predicted molar refractivity (Wildman–Crippen MR) is 77.9 cm³/mol. The van der Waals surface area contributed by atoms with Gasteiger partial charge in [0.15, 0.2) is 0 Å². The Balaban J connectivity index is 2.02. The summed E-state index contributed by atoms with van der Waals surface area (Å²) in [6.45, 7) is 1.21. The molecule has 5 amide bonds. The van der Waals surface area contributed by atoms with E-state index in [0.717, 1.165) is 0 Å². The number of carbonyl (C=O) groups is 4. The summed E-state index contributed by atoms with van der Waals surface area (Å²) in [5.74, 6) is -2.51. The van der Waals surface area contributed by atoms with Gasteiger partial charge in [0.1, 0.15) is 6.54 Å². The number of likely N-dealkylation sites (N-methyl/N-ethyl adjacent to an activating group) is 1. The Bertz CT molecular complexity index is 661. The van der Waals surface area contributed by atoms with Crippen LogP contribution in [-0.2, 0) is 14.4 Å². The number of imide groups is 2. The Hall–Kier alpha value is -2.41. The minimum absolute atomic E-state index is 0.401. The second-order valence-corrected chi connectivity index (χ2v) is 5.26. The van der Waals surface area contributed by atoms with E-state index in [1.54, 1.807) is 31.2 Å². The average Bonchev–Trinajstić information content (AvgIpc) is 2.65. The van der Waals surface area contributed by atoms with E-state index in [2.05, 4.69) is 5.32 Å². The molecular weight excluding hydrogens is 310 g/mol. The zero-order chi connectivity index (χ0) is 16.4. The molecule has 0 bridgehead atoms. The normalized spacial score (nSPS) is 16.2. The van der Waals surface area contributed by atoms with Crippen molar-refractivity contribution >= 4 is 35.4 Å². The van der Waals surface area contributed by atoms with Crippen molar-refractivity contribution in [3.63, 3.8) is 0 Å². The van der Waals surface area contributed by atoms with Crippen LogP contribution in [0.3, 0.4) is 0 Å². The van der Waals surface area contributed by atoms with E-state index in [-0.39, 0.29) is 0 Å². The Labute approximate surface area is 131 Å². The van der Waals surface area contributed by atoms with Crippen LogP contribution in [0.15, 0.2) is 24.3 Å². The standard InChI is InChI=1S/C14H14ClN3O4/c1-8(9-5-3-4-6-10(9)15)16-11(19)7-18-13(21)12(20)17(2)14(18)22/h3-6,8H,7H2,1-2H3,(H,16,19)/t8-/m1/s1. The van der Waals surface area contributed by atoms with Gasteiger partial charge in [0.2, 0.25) is 5.91 Å². The fourth-order valence-electron chi connectivity index (χ4n) is 2.09. The van der Waals surface area contributed by atoms with Crippen molar-refractivity contribution in [1.82, 2.24) is 15.1 Å². The van der Waals surface area contributed by atoms with Crippen LogP contribution in [0, 0.1) is 0 Å². The van der Waals surface area contributed by atoms with Crippen LogP contribution < -0.4 is 5.32 Å². The van der Waals surface area contributed by atoms with E-state index in [1.165, 1.54) is 7.05 Å². The minimum atomic E-state index is -1.01. The number of halogens is 1. The van der Waals surface area contributed by atoms with Crippen molar-refractivity contribution in [1.29, 1.82) is 0 Å². The highest BCUT2D eigenvalue weighted by atomic mass is 35.5. The topological polar surface area (TPSA) is 86.8 Å². The van der Waals surface area contributed by atoms with E-state index in [9.17, 15) is 19.2 Å². The third-order valence-electron chi connectivity index (χ3n) is 3.30. The molecule has 7 nitrogen and oxygen atoms in total. The first kappa shape index (κ1) is 16.0. The molecule has 0 aliphatic carbocycles. The lowest BCUT2D eigenvalue weighted by Crippen LogP contribution is -2.41. The summed E-state index contributed by atoms with van der Waals surface area (Å²) in [6, 6.07) is 5.80. The van der Waals surface area contributed by atoms with Crippen molar-refractivity contribution in [2.75, 3.05) is 13.6 Å². The number of hydrogen-bond acceptors (Lipinski definition) is 4. The molecule has 116 valence electrons. The van der Waals surface area contributed by atoms with Gasteiger partial charge in [-0.1, -0.05) is 29.8 Å². The molecule has 1 N–H and O–H groups in total. The second-order valence-electron chi connectivity index (χ2n) is 4.85. The highest BCUT2D eigenvalue weighted by Gasteiger charge is 2.43. The van der Waals surface area contributed by atoms with Crippen molar-refractivity contribution < 1.29 is 19.2 Å². The number of nitrogens with zero attached hydrogens (tertiary/aromatic N) is 2. The van der Waals surface area contributed by atoms with Gasteiger partial charge in [0, 0.05) is 12.1 Å². The van der Waals surface area contributed by atoms with Gasteiger partial charge in [-0.3, -0.25) is 19.3 Å².